The molecule has 2 unspecified atom stereocenters. The van der Waals surface area contributed by atoms with E-state index in [9.17, 15) is 34.2 Å². The molecular weight excluding hydrogens is 509 g/mol. The summed E-state index contributed by atoms with van der Waals surface area (Å²) >= 11 is 0. The fourth-order valence-corrected chi connectivity index (χ4v) is 6.98. The quantitative estimate of drug-likeness (QED) is 0.448. The van der Waals surface area contributed by atoms with Crippen molar-refractivity contribution in [3.05, 3.63) is 28.6 Å². The number of aromatic hydroxyl groups is 1. The van der Waals surface area contributed by atoms with E-state index in [0.29, 0.717) is 6.54 Å². The van der Waals surface area contributed by atoms with Crippen molar-refractivity contribution in [1.82, 2.24) is 9.80 Å². The average molecular weight is 546 g/mol. The van der Waals surface area contributed by atoms with E-state index in [1.165, 1.54) is 25.1 Å². The largest absolute Gasteiger partial charge is 0.507 e. The summed E-state index contributed by atoms with van der Waals surface area (Å²) in [5.41, 5.74) is 2.27. The number of hydrogen-bond donors (Lipinski definition) is 3. The molecule has 11 heteroatoms. The minimum absolute atomic E-state index is 0.0245. The highest BCUT2D eigenvalue weighted by atomic mass is 19.1. The standard InChI is InChI=1S/C28H36FN3O7/c1-27(2,3)11-32(6)10-13-9-16(33)18-14(20(13)29)7-12-8-15-21(31(4)5)23(35)19(26(30)38)25(37)28(15,39)24(36)17(12)22(18)34/h9,12,15,17,19,21,33,39H,7-8,10-11H2,1-6H3,(H2,30,38)/t12-,15-,17?,19?,21-,28-/m0/s1. The van der Waals surface area contributed by atoms with Gasteiger partial charge in [-0.3, -0.25) is 28.9 Å². The molecule has 6 atom stereocenters. The number of benzene rings is 1. The number of ketones is 4. The third-order valence-electron chi connectivity index (χ3n) is 8.25. The smallest absolute Gasteiger partial charge is 0.235 e. The molecule has 1 amide bonds. The molecule has 2 fully saturated rings. The molecule has 0 radical (unpaired) electrons. The molecule has 4 rings (SSSR count). The van der Waals surface area contributed by atoms with Gasteiger partial charge in [0.1, 0.15) is 11.6 Å². The first kappa shape index (κ1) is 29.0. The number of halogens is 1. The molecule has 0 heterocycles. The summed E-state index contributed by atoms with van der Waals surface area (Å²) in [5, 5.41) is 22.4. The minimum Gasteiger partial charge on any atom is -0.507 e. The van der Waals surface area contributed by atoms with Crippen LogP contribution in [0.1, 0.15) is 48.7 Å². The second-order valence-corrected chi connectivity index (χ2v) is 12.7. The minimum atomic E-state index is -2.80. The molecule has 0 aliphatic heterocycles. The number of primary amides is 1. The van der Waals surface area contributed by atoms with Gasteiger partial charge in [0, 0.05) is 30.1 Å². The lowest BCUT2D eigenvalue weighted by Crippen LogP contribution is -2.74. The van der Waals surface area contributed by atoms with Crippen molar-refractivity contribution in [2.45, 2.75) is 51.8 Å². The zero-order valence-corrected chi connectivity index (χ0v) is 23.1. The van der Waals surface area contributed by atoms with Gasteiger partial charge >= 0.3 is 0 Å². The number of nitrogens with zero attached hydrogens (tertiary/aromatic N) is 2. The third kappa shape index (κ3) is 4.50. The second-order valence-electron chi connectivity index (χ2n) is 12.7. The van der Waals surface area contributed by atoms with E-state index in [1.807, 2.05) is 32.7 Å². The predicted molar refractivity (Wildman–Crippen MR) is 137 cm³/mol. The Morgan fingerprint density at radius 3 is 2.31 bits per heavy atom. The van der Waals surface area contributed by atoms with E-state index >= 15 is 4.39 Å². The number of nitrogens with two attached hydrogens (primary N) is 1. The van der Waals surface area contributed by atoms with E-state index in [-0.39, 0.29) is 41.5 Å². The first-order chi connectivity index (χ1) is 17.9. The van der Waals surface area contributed by atoms with Gasteiger partial charge < -0.3 is 20.8 Å². The normalized spacial score (nSPS) is 30.9. The van der Waals surface area contributed by atoms with Gasteiger partial charge in [-0.15, -0.1) is 0 Å². The monoisotopic (exact) mass is 545 g/mol. The van der Waals surface area contributed by atoms with Crippen molar-refractivity contribution in [3.63, 3.8) is 0 Å². The lowest BCUT2D eigenvalue weighted by Gasteiger charge is -2.52. The Hall–Kier alpha value is -3.02. The molecule has 39 heavy (non-hydrogen) atoms. The van der Waals surface area contributed by atoms with Crippen LogP contribution in [0, 0.1) is 34.9 Å². The molecule has 0 saturated heterocycles. The number of amides is 1. The van der Waals surface area contributed by atoms with Crippen LogP contribution in [-0.4, -0.2) is 88.4 Å². The zero-order chi connectivity index (χ0) is 29.4. The topological polar surface area (TPSA) is 158 Å². The van der Waals surface area contributed by atoms with Crippen molar-refractivity contribution >= 4 is 29.0 Å². The van der Waals surface area contributed by atoms with Crippen LogP contribution in [0.25, 0.3) is 0 Å². The fraction of sp³-hybridized carbons (Fsp3) is 0.607. The number of rotatable bonds is 5. The SMILES string of the molecule is CN(Cc1cc(O)c2c(c1F)C[C@H]1C[C@H]3[C@H](N(C)C)C(=O)C(C(N)=O)C(=O)[C@@]3(O)C(=O)C1C2=O)CC(C)(C)C. The maximum absolute atomic E-state index is 15.8. The van der Waals surface area contributed by atoms with E-state index in [1.54, 1.807) is 0 Å². The van der Waals surface area contributed by atoms with Crippen molar-refractivity contribution in [3.8, 4) is 5.75 Å². The van der Waals surface area contributed by atoms with Crippen LogP contribution < -0.4 is 5.73 Å². The van der Waals surface area contributed by atoms with Crippen LogP contribution in [-0.2, 0) is 32.1 Å². The van der Waals surface area contributed by atoms with Gasteiger partial charge in [0.2, 0.25) is 5.91 Å². The first-order valence-corrected chi connectivity index (χ1v) is 13.0. The number of aliphatic hydroxyl groups is 1. The molecule has 4 N–H and O–H groups in total. The molecule has 0 bridgehead atoms. The lowest BCUT2D eigenvalue weighted by molar-refractivity contribution is -0.181. The molecule has 3 aliphatic rings. The number of hydrogen-bond acceptors (Lipinski definition) is 9. The highest BCUT2D eigenvalue weighted by Gasteiger charge is 2.69. The first-order valence-electron chi connectivity index (χ1n) is 13.0. The zero-order valence-electron chi connectivity index (χ0n) is 23.1. The van der Waals surface area contributed by atoms with Crippen LogP contribution in [0.3, 0.4) is 0 Å². The Morgan fingerprint density at radius 1 is 1.15 bits per heavy atom. The molecule has 212 valence electrons. The number of carbonyl (C=O) groups excluding carboxylic acids is 5. The Kier molecular flexibility index (Phi) is 7.11. The lowest BCUT2D eigenvalue weighted by atomic mass is 9.52. The predicted octanol–water partition coefficient (Wildman–Crippen LogP) is 0.484. The van der Waals surface area contributed by atoms with Gasteiger partial charge in [-0.05, 0) is 51.4 Å². The molecule has 0 spiro atoms. The summed E-state index contributed by atoms with van der Waals surface area (Å²) in [7, 11) is 4.83. The summed E-state index contributed by atoms with van der Waals surface area (Å²) in [5.74, 6) is -12.3. The number of phenols is 1. The number of carbonyl (C=O) groups is 5. The number of Topliss-reactive ketones (excluding diaryl/α,β-unsaturated/α-hetero) is 4. The maximum Gasteiger partial charge on any atom is 0.235 e. The van der Waals surface area contributed by atoms with Crippen molar-refractivity contribution in [2.75, 3.05) is 27.7 Å². The van der Waals surface area contributed by atoms with Crippen LogP contribution in [0.15, 0.2) is 6.07 Å². The number of phenolic OH excluding ortho intramolecular Hbond substituents is 1. The van der Waals surface area contributed by atoms with Crippen LogP contribution in [0.5, 0.6) is 5.75 Å². The van der Waals surface area contributed by atoms with Gasteiger partial charge in [-0.2, -0.15) is 0 Å². The van der Waals surface area contributed by atoms with Gasteiger partial charge in [-0.1, -0.05) is 20.8 Å². The molecule has 1 aromatic carbocycles. The Labute approximate surface area is 226 Å². The summed E-state index contributed by atoms with van der Waals surface area (Å²) in [4.78, 5) is 69.2. The van der Waals surface area contributed by atoms with E-state index < -0.39 is 75.9 Å². The van der Waals surface area contributed by atoms with Gasteiger partial charge in [0.05, 0.1) is 17.5 Å². The van der Waals surface area contributed by atoms with Crippen LogP contribution in [0.4, 0.5) is 4.39 Å². The van der Waals surface area contributed by atoms with E-state index in [4.69, 9.17) is 5.73 Å². The maximum atomic E-state index is 15.8. The second kappa shape index (κ2) is 9.57. The van der Waals surface area contributed by atoms with Gasteiger partial charge in [-0.25, -0.2) is 4.39 Å². The molecule has 3 aliphatic carbocycles. The van der Waals surface area contributed by atoms with Crippen molar-refractivity contribution in [2.24, 2.45) is 34.8 Å². The summed E-state index contributed by atoms with van der Waals surface area (Å²) in [6.07, 6.45) is -0.236. The van der Waals surface area contributed by atoms with Gasteiger partial charge in [0.25, 0.3) is 0 Å². The molecule has 10 nitrogen and oxygen atoms in total. The Morgan fingerprint density at radius 2 is 1.77 bits per heavy atom. The Balaban J connectivity index is 1.78. The molecular formula is C28H36FN3O7. The molecule has 1 aromatic rings. The molecule has 2 saturated carbocycles. The van der Waals surface area contributed by atoms with E-state index in [2.05, 4.69) is 0 Å². The van der Waals surface area contributed by atoms with E-state index in [0.717, 1.165) is 0 Å². The fourth-order valence-electron chi connectivity index (χ4n) is 6.98. The van der Waals surface area contributed by atoms with Crippen molar-refractivity contribution in [1.29, 1.82) is 0 Å². The average Bonchev–Trinajstić information content (AvgIpc) is 2.77. The summed E-state index contributed by atoms with van der Waals surface area (Å²) in [6, 6.07) is -0.0337. The summed E-state index contributed by atoms with van der Waals surface area (Å²) in [6.45, 7) is 6.93. The highest BCUT2D eigenvalue weighted by molar-refractivity contribution is 6.32. The van der Waals surface area contributed by atoms with Crippen LogP contribution in [0.2, 0.25) is 0 Å². The third-order valence-corrected chi connectivity index (χ3v) is 8.25. The number of likely N-dealkylation sites (N-methyl/N-ethyl adjacent to an activating group) is 1. The summed E-state index contributed by atoms with van der Waals surface area (Å²) < 4.78 is 15.8. The molecule has 0 aromatic heterocycles. The van der Waals surface area contributed by atoms with Crippen molar-refractivity contribution < 1.29 is 38.6 Å². The van der Waals surface area contributed by atoms with Gasteiger partial charge in [0.15, 0.2) is 34.7 Å². The highest BCUT2D eigenvalue weighted by Crippen LogP contribution is 2.51. The number of fused-ring (bicyclic) bond motifs is 3. The van der Waals surface area contributed by atoms with Crippen LogP contribution >= 0.6 is 0 Å². The Bertz CT molecular complexity index is 1290.